The molecule has 0 bridgehead atoms. The third-order valence-corrected chi connectivity index (χ3v) is 4.14. The minimum Gasteiger partial charge on any atom is -0.409 e. The number of hydrogen-bond acceptors (Lipinski definition) is 3. The zero-order valence-electron chi connectivity index (χ0n) is 11.5. The first kappa shape index (κ1) is 13.8. The van der Waals surface area contributed by atoms with Crippen molar-refractivity contribution in [3.8, 4) is 0 Å². The van der Waals surface area contributed by atoms with Gasteiger partial charge in [0, 0.05) is 18.8 Å². The van der Waals surface area contributed by atoms with Crippen LogP contribution in [-0.4, -0.2) is 17.6 Å². The summed E-state index contributed by atoms with van der Waals surface area (Å²) in [6.45, 7) is 1.67. The van der Waals surface area contributed by atoms with Crippen molar-refractivity contribution >= 4 is 23.1 Å². The lowest BCUT2D eigenvalue weighted by molar-refractivity contribution is 0.318. The van der Waals surface area contributed by atoms with Gasteiger partial charge in [0.2, 0.25) is 0 Å². The Hall–Kier alpha value is -2.20. The summed E-state index contributed by atoms with van der Waals surface area (Å²) in [5.74, 6) is 0.0365. The second-order valence-electron chi connectivity index (χ2n) is 5.06. The van der Waals surface area contributed by atoms with Gasteiger partial charge < -0.3 is 15.8 Å². The van der Waals surface area contributed by atoms with Crippen molar-refractivity contribution in [2.75, 3.05) is 11.4 Å². The molecule has 2 aromatic carbocycles. The Bertz CT molecular complexity index is 700. The molecule has 108 valence electrons. The monoisotopic (exact) mass is 301 g/mol. The summed E-state index contributed by atoms with van der Waals surface area (Å²) in [4.78, 5) is 2.21. The molecule has 3 N–H and O–H groups in total. The second-order valence-corrected chi connectivity index (χ2v) is 5.47. The number of rotatable bonds is 2. The van der Waals surface area contributed by atoms with Crippen LogP contribution in [0.4, 0.5) is 5.69 Å². The van der Waals surface area contributed by atoms with Gasteiger partial charge in [-0.2, -0.15) is 0 Å². The average Bonchev–Trinajstić information content (AvgIpc) is 2.53. The number of hydrogen-bond donors (Lipinski definition) is 2. The molecule has 1 aliphatic rings. The third kappa shape index (κ3) is 2.54. The summed E-state index contributed by atoms with van der Waals surface area (Å²) in [6, 6.07) is 14.0. The summed E-state index contributed by atoms with van der Waals surface area (Å²) < 4.78 is 0. The summed E-state index contributed by atoms with van der Waals surface area (Å²) in [5.41, 5.74) is 9.94. The van der Waals surface area contributed by atoms with Crippen molar-refractivity contribution in [2.45, 2.75) is 13.0 Å². The van der Waals surface area contributed by atoms with E-state index >= 15 is 0 Å². The molecule has 0 atom stereocenters. The molecule has 3 rings (SSSR count). The molecule has 4 nitrogen and oxygen atoms in total. The van der Waals surface area contributed by atoms with Crippen LogP contribution in [0.2, 0.25) is 5.02 Å². The Labute approximate surface area is 128 Å². The van der Waals surface area contributed by atoms with Gasteiger partial charge in [-0.15, -0.1) is 0 Å². The minimum absolute atomic E-state index is 0.0365. The molecule has 21 heavy (non-hydrogen) atoms. The standard InChI is InChI=1S/C16H16ClN3O/c17-13-6-3-7-14(15(13)16(18)19-21)20-9-8-11-4-1-2-5-12(11)10-20/h1-7,21H,8-10H2,(H2,18,19). The summed E-state index contributed by atoms with van der Waals surface area (Å²) in [5, 5.41) is 12.6. The molecule has 1 heterocycles. The normalized spacial score (nSPS) is 14.9. The lowest BCUT2D eigenvalue weighted by Crippen LogP contribution is -2.32. The van der Waals surface area contributed by atoms with Gasteiger partial charge in [-0.25, -0.2) is 0 Å². The number of halogens is 1. The number of fused-ring (bicyclic) bond motifs is 1. The van der Waals surface area contributed by atoms with Gasteiger partial charge in [0.1, 0.15) is 0 Å². The largest absolute Gasteiger partial charge is 0.409 e. The number of amidine groups is 1. The van der Waals surface area contributed by atoms with Gasteiger partial charge >= 0.3 is 0 Å². The van der Waals surface area contributed by atoms with Crippen LogP contribution in [0.3, 0.4) is 0 Å². The van der Waals surface area contributed by atoms with Crippen LogP contribution in [0.25, 0.3) is 0 Å². The number of nitrogens with zero attached hydrogens (tertiary/aromatic N) is 2. The highest BCUT2D eigenvalue weighted by molar-refractivity contribution is 6.34. The zero-order chi connectivity index (χ0) is 14.8. The lowest BCUT2D eigenvalue weighted by atomic mass is 9.98. The predicted octanol–water partition coefficient (Wildman–Crippen LogP) is 3.00. The van der Waals surface area contributed by atoms with Crippen LogP contribution >= 0.6 is 11.6 Å². The fourth-order valence-electron chi connectivity index (χ4n) is 2.78. The Morgan fingerprint density at radius 1 is 1.14 bits per heavy atom. The van der Waals surface area contributed by atoms with Crippen LogP contribution in [0.5, 0.6) is 0 Å². The van der Waals surface area contributed by atoms with E-state index in [0.29, 0.717) is 10.6 Å². The molecular weight excluding hydrogens is 286 g/mol. The highest BCUT2D eigenvalue weighted by atomic mass is 35.5. The van der Waals surface area contributed by atoms with Crippen LogP contribution in [0, 0.1) is 0 Å². The van der Waals surface area contributed by atoms with Crippen LogP contribution in [0.1, 0.15) is 16.7 Å². The molecule has 0 aliphatic carbocycles. The van der Waals surface area contributed by atoms with Gasteiger partial charge in [-0.3, -0.25) is 0 Å². The SMILES string of the molecule is NC(=NO)c1c(Cl)cccc1N1CCc2ccccc2C1. The van der Waals surface area contributed by atoms with E-state index in [9.17, 15) is 0 Å². The second kappa shape index (κ2) is 5.66. The van der Waals surface area contributed by atoms with Crippen molar-refractivity contribution in [1.82, 2.24) is 0 Å². The van der Waals surface area contributed by atoms with Crippen molar-refractivity contribution in [2.24, 2.45) is 10.9 Å². The molecule has 2 aromatic rings. The molecule has 0 amide bonds. The molecule has 0 aromatic heterocycles. The molecule has 1 aliphatic heterocycles. The Balaban J connectivity index is 2.01. The number of nitrogens with two attached hydrogens (primary N) is 1. The molecule has 5 heteroatoms. The first-order valence-corrected chi connectivity index (χ1v) is 7.16. The highest BCUT2D eigenvalue weighted by Crippen LogP contribution is 2.31. The van der Waals surface area contributed by atoms with E-state index in [0.717, 1.165) is 25.2 Å². The molecule has 0 spiro atoms. The molecule has 0 fully saturated rings. The van der Waals surface area contributed by atoms with Crippen molar-refractivity contribution < 1.29 is 5.21 Å². The smallest absolute Gasteiger partial charge is 0.173 e. The van der Waals surface area contributed by atoms with Gasteiger partial charge in [0.25, 0.3) is 0 Å². The Kier molecular flexibility index (Phi) is 3.71. The maximum Gasteiger partial charge on any atom is 0.173 e. The topological polar surface area (TPSA) is 61.9 Å². The molecular formula is C16H16ClN3O. The fourth-order valence-corrected chi connectivity index (χ4v) is 3.05. The maximum absolute atomic E-state index is 8.98. The summed E-state index contributed by atoms with van der Waals surface area (Å²) >= 11 is 6.22. The fraction of sp³-hybridized carbons (Fsp3) is 0.188. The van der Waals surface area contributed by atoms with Crippen LogP contribution in [-0.2, 0) is 13.0 Å². The quantitative estimate of drug-likeness (QED) is 0.388. The Morgan fingerprint density at radius 3 is 2.67 bits per heavy atom. The van der Waals surface area contributed by atoms with Crippen molar-refractivity contribution in [3.63, 3.8) is 0 Å². The van der Waals surface area contributed by atoms with E-state index in [-0.39, 0.29) is 5.84 Å². The van der Waals surface area contributed by atoms with Gasteiger partial charge in [0.15, 0.2) is 5.84 Å². The van der Waals surface area contributed by atoms with Crippen LogP contribution in [0.15, 0.2) is 47.6 Å². The zero-order valence-corrected chi connectivity index (χ0v) is 12.2. The average molecular weight is 302 g/mol. The van der Waals surface area contributed by atoms with Crippen LogP contribution < -0.4 is 10.6 Å². The van der Waals surface area contributed by atoms with E-state index in [4.69, 9.17) is 22.5 Å². The first-order chi connectivity index (χ1) is 10.2. The summed E-state index contributed by atoms with van der Waals surface area (Å²) in [7, 11) is 0. The van der Waals surface area contributed by atoms with E-state index in [1.165, 1.54) is 11.1 Å². The van der Waals surface area contributed by atoms with E-state index in [2.05, 4.69) is 28.3 Å². The molecule has 0 saturated heterocycles. The Morgan fingerprint density at radius 2 is 1.90 bits per heavy atom. The number of benzene rings is 2. The predicted molar refractivity (Wildman–Crippen MR) is 85.2 cm³/mol. The number of anilines is 1. The third-order valence-electron chi connectivity index (χ3n) is 3.83. The van der Waals surface area contributed by atoms with Crippen molar-refractivity contribution in [1.29, 1.82) is 0 Å². The lowest BCUT2D eigenvalue weighted by Gasteiger charge is -2.32. The van der Waals surface area contributed by atoms with Gasteiger partial charge in [0.05, 0.1) is 10.6 Å². The van der Waals surface area contributed by atoms with Gasteiger partial charge in [-0.05, 0) is 29.7 Å². The van der Waals surface area contributed by atoms with E-state index in [1.54, 1.807) is 6.07 Å². The molecule has 0 saturated carbocycles. The summed E-state index contributed by atoms with van der Waals surface area (Å²) in [6.07, 6.45) is 0.971. The molecule has 0 unspecified atom stereocenters. The number of oxime groups is 1. The maximum atomic E-state index is 8.98. The first-order valence-electron chi connectivity index (χ1n) is 6.79. The van der Waals surface area contributed by atoms with Gasteiger partial charge in [-0.1, -0.05) is 47.1 Å². The minimum atomic E-state index is 0.0365. The van der Waals surface area contributed by atoms with Crippen molar-refractivity contribution in [3.05, 3.63) is 64.2 Å². The highest BCUT2D eigenvalue weighted by Gasteiger charge is 2.21. The molecule has 0 radical (unpaired) electrons. The van der Waals surface area contributed by atoms with E-state index in [1.807, 2.05) is 18.2 Å². The van der Waals surface area contributed by atoms with E-state index < -0.39 is 0 Å².